The average molecular weight is 444 g/mol. The molecule has 3 rings (SSSR count). The fourth-order valence-electron chi connectivity index (χ4n) is 3.04. The van der Waals surface area contributed by atoms with Gasteiger partial charge in [-0.25, -0.2) is 4.68 Å². The maximum absolute atomic E-state index is 5.56. The Labute approximate surface area is 184 Å². The molecule has 0 atom stereocenters. The Morgan fingerprint density at radius 3 is 2.00 bits per heavy atom. The van der Waals surface area contributed by atoms with Gasteiger partial charge in [0, 0.05) is 30.1 Å². The van der Waals surface area contributed by atoms with Gasteiger partial charge in [0.15, 0.2) is 0 Å². The molecule has 8 nitrogen and oxygen atoms in total. The fourth-order valence-corrected chi connectivity index (χ4v) is 3.83. The Morgan fingerprint density at radius 1 is 0.806 bits per heavy atom. The van der Waals surface area contributed by atoms with E-state index in [-0.39, 0.29) is 0 Å². The molecular weight excluding hydrogens is 418 g/mol. The molecule has 0 N–H and O–H groups in total. The first-order valence-electron chi connectivity index (χ1n) is 9.30. The second-order valence-corrected chi connectivity index (χ2v) is 7.03. The predicted octanol–water partition coefficient (Wildman–Crippen LogP) is 3.67. The van der Waals surface area contributed by atoms with Gasteiger partial charge >= 0.3 is 0 Å². The van der Waals surface area contributed by atoms with E-state index in [4.69, 9.17) is 28.8 Å². The Bertz CT molecular complexity index is 1130. The lowest BCUT2D eigenvalue weighted by Gasteiger charge is -2.13. The van der Waals surface area contributed by atoms with Crippen molar-refractivity contribution in [1.29, 1.82) is 0 Å². The molecule has 0 bridgehead atoms. The van der Waals surface area contributed by atoms with E-state index in [2.05, 4.69) is 4.99 Å². The highest BCUT2D eigenvalue weighted by atomic mass is 32.1. The second kappa shape index (κ2) is 10.0. The minimum atomic E-state index is 0.575. The number of rotatable bonds is 8. The number of thiazole rings is 1. The first-order chi connectivity index (χ1) is 15.1. The third-order valence-corrected chi connectivity index (χ3v) is 5.52. The van der Waals surface area contributed by atoms with Crippen molar-refractivity contribution in [2.45, 2.75) is 0 Å². The van der Waals surface area contributed by atoms with Crippen LogP contribution < -0.4 is 28.5 Å². The topological polar surface area (TPSA) is 75.8 Å². The summed E-state index contributed by atoms with van der Waals surface area (Å²) >= 11 is 1.47. The van der Waals surface area contributed by atoms with Crippen molar-refractivity contribution < 1.29 is 23.7 Å². The van der Waals surface area contributed by atoms with E-state index in [1.54, 1.807) is 65.6 Å². The van der Waals surface area contributed by atoms with Crippen LogP contribution in [0.1, 0.15) is 5.56 Å². The van der Waals surface area contributed by atoms with Crippen LogP contribution in [0.2, 0.25) is 0 Å². The van der Waals surface area contributed by atoms with Gasteiger partial charge in [-0.05, 0) is 18.2 Å². The van der Waals surface area contributed by atoms with Crippen molar-refractivity contribution in [1.82, 2.24) is 4.68 Å². The molecule has 3 aromatic rings. The molecule has 0 saturated carbocycles. The molecule has 0 fully saturated rings. The summed E-state index contributed by atoms with van der Waals surface area (Å²) in [6.45, 7) is 0. The van der Waals surface area contributed by atoms with Crippen molar-refractivity contribution in [2.75, 3.05) is 42.6 Å². The van der Waals surface area contributed by atoms with Gasteiger partial charge in [0.25, 0.3) is 0 Å². The number of hydrogen-bond acceptors (Lipinski definition) is 8. The zero-order valence-corrected chi connectivity index (χ0v) is 19.1. The first kappa shape index (κ1) is 22.2. The van der Waals surface area contributed by atoms with Gasteiger partial charge in [0.2, 0.25) is 4.80 Å². The van der Waals surface area contributed by atoms with E-state index in [9.17, 15) is 0 Å². The van der Waals surface area contributed by atoms with Crippen LogP contribution in [0.4, 0.5) is 0 Å². The van der Waals surface area contributed by atoms with E-state index in [0.29, 0.717) is 39.1 Å². The van der Waals surface area contributed by atoms with Crippen LogP contribution in [-0.4, -0.2) is 53.5 Å². The largest absolute Gasteiger partial charge is 0.497 e. The van der Waals surface area contributed by atoms with E-state index >= 15 is 0 Å². The van der Waals surface area contributed by atoms with Crippen molar-refractivity contribution in [2.24, 2.45) is 10.1 Å². The summed E-state index contributed by atoms with van der Waals surface area (Å²) in [5, 5.41) is 6.67. The maximum atomic E-state index is 5.56. The lowest BCUT2D eigenvalue weighted by atomic mass is 10.1. The van der Waals surface area contributed by atoms with Crippen molar-refractivity contribution in [3.8, 4) is 40.0 Å². The summed E-state index contributed by atoms with van der Waals surface area (Å²) in [6, 6.07) is 9.16. The van der Waals surface area contributed by atoms with E-state index in [0.717, 1.165) is 11.3 Å². The van der Waals surface area contributed by atoms with Crippen molar-refractivity contribution in [3.05, 3.63) is 46.1 Å². The average Bonchev–Trinajstić information content (AvgIpc) is 3.24. The highest BCUT2D eigenvalue weighted by molar-refractivity contribution is 7.07. The number of hydrogen-bond donors (Lipinski definition) is 0. The van der Waals surface area contributed by atoms with E-state index < -0.39 is 0 Å². The summed E-state index contributed by atoms with van der Waals surface area (Å²) in [4.78, 5) is 5.06. The molecule has 1 heterocycles. The monoisotopic (exact) mass is 443 g/mol. The van der Waals surface area contributed by atoms with Crippen LogP contribution >= 0.6 is 11.3 Å². The molecule has 0 spiro atoms. The molecule has 0 aliphatic rings. The molecule has 0 unspecified atom stereocenters. The summed E-state index contributed by atoms with van der Waals surface area (Å²) < 4.78 is 29.0. The quantitative estimate of drug-likeness (QED) is 0.497. The van der Waals surface area contributed by atoms with Crippen molar-refractivity contribution in [3.63, 3.8) is 0 Å². The predicted molar refractivity (Wildman–Crippen MR) is 121 cm³/mol. The lowest BCUT2D eigenvalue weighted by Crippen LogP contribution is -2.12. The zero-order valence-electron chi connectivity index (χ0n) is 18.3. The molecule has 0 radical (unpaired) electrons. The number of benzene rings is 2. The van der Waals surface area contributed by atoms with Gasteiger partial charge in [0.05, 0.1) is 53.0 Å². The maximum Gasteiger partial charge on any atom is 0.205 e. The van der Waals surface area contributed by atoms with Crippen LogP contribution in [0.3, 0.4) is 0 Å². The summed E-state index contributed by atoms with van der Waals surface area (Å²) in [5.41, 5.74) is 2.32. The normalized spacial score (nSPS) is 11.6. The highest BCUT2D eigenvalue weighted by Gasteiger charge is 2.15. The Morgan fingerprint density at radius 2 is 1.45 bits per heavy atom. The smallest absolute Gasteiger partial charge is 0.205 e. The molecule has 0 aliphatic heterocycles. The fraction of sp³-hybridized carbons (Fsp3) is 0.273. The number of ether oxygens (including phenoxy) is 5. The number of nitrogens with zero attached hydrogens (tertiary/aromatic N) is 3. The van der Waals surface area contributed by atoms with Gasteiger partial charge in [-0.2, -0.15) is 5.10 Å². The zero-order chi connectivity index (χ0) is 22.4. The van der Waals surface area contributed by atoms with Crippen LogP contribution in [0, 0.1) is 0 Å². The standard InChI is InChI=1S/C22H25N3O5S/c1-23-22-25(18(13-31-22)16-9-14(26-2)7-8-19(16)28-4)24-12-17-20(29-5)10-15(27-3)11-21(17)30-6/h7-13H,1-6H3. The Hall–Kier alpha value is -3.46. The molecule has 2 aromatic carbocycles. The molecule has 0 amide bonds. The van der Waals surface area contributed by atoms with Crippen LogP contribution in [0.15, 0.2) is 45.8 Å². The van der Waals surface area contributed by atoms with Gasteiger partial charge in [-0.1, -0.05) is 0 Å². The second-order valence-electron chi connectivity index (χ2n) is 6.20. The van der Waals surface area contributed by atoms with E-state index in [1.165, 1.54) is 11.3 Å². The molecule has 164 valence electrons. The molecule has 0 saturated heterocycles. The Kier molecular flexibility index (Phi) is 7.19. The highest BCUT2D eigenvalue weighted by Crippen LogP contribution is 2.35. The molecule has 9 heteroatoms. The first-order valence-corrected chi connectivity index (χ1v) is 10.2. The molecule has 1 aromatic heterocycles. The minimum absolute atomic E-state index is 0.575. The van der Waals surface area contributed by atoms with Gasteiger partial charge < -0.3 is 23.7 Å². The number of methoxy groups -OCH3 is 5. The van der Waals surface area contributed by atoms with Gasteiger partial charge in [-0.3, -0.25) is 4.99 Å². The summed E-state index contributed by atoms with van der Waals surface area (Å²) in [6.07, 6.45) is 1.68. The van der Waals surface area contributed by atoms with E-state index in [1.807, 2.05) is 23.6 Å². The third-order valence-electron chi connectivity index (χ3n) is 4.61. The molecular formula is C22H25N3O5S. The molecule has 0 aliphatic carbocycles. The van der Waals surface area contributed by atoms with Crippen molar-refractivity contribution >= 4 is 17.6 Å². The number of aromatic nitrogens is 1. The summed E-state index contributed by atoms with van der Waals surface area (Å²) in [7, 11) is 9.74. The summed E-state index contributed by atoms with van der Waals surface area (Å²) in [5.74, 6) is 3.19. The van der Waals surface area contributed by atoms with Gasteiger partial charge in [-0.15, -0.1) is 11.3 Å². The van der Waals surface area contributed by atoms with Gasteiger partial charge in [0.1, 0.15) is 28.7 Å². The third kappa shape index (κ3) is 4.51. The Balaban J connectivity index is 2.17. The van der Waals surface area contributed by atoms with Crippen LogP contribution in [0.5, 0.6) is 28.7 Å². The molecule has 31 heavy (non-hydrogen) atoms. The lowest BCUT2D eigenvalue weighted by molar-refractivity contribution is 0.374. The SMILES string of the molecule is CN=c1scc(-c2cc(OC)ccc2OC)n1N=Cc1c(OC)cc(OC)cc1OC. The minimum Gasteiger partial charge on any atom is -0.497 e. The van der Waals surface area contributed by atoms with Crippen LogP contribution in [-0.2, 0) is 0 Å². The van der Waals surface area contributed by atoms with Crippen LogP contribution in [0.25, 0.3) is 11.3 Å².